The molecule has 0 spiro atoms. The Morgan fingerprint density at radius 2 is 1.95 bits per heavy atom. The van der Waals surface area contributed by atoms with Gasteiger partial charge in [-0.05, 0) is 36.4 Å². The van der Waals surface area contributed by atoms with Gasteiger partial charge in [-0.1, -0.05) is 41.9 Å². The summed E-state index contributed by atoms with van der Waals surface area (Å²) in [6.07, 6.45) is 1.77. The van der Waals surface area contributed by atoms with Gasteiger partial charge in [0.2, 0.25) is 0 Å². The van der Waals surface area contributed by atoms with Crippen molar-refractivity contribution in [1.82, 2.24) is 10.3 Å². The first kappa shape index (κ1) is 14.0. The summed E-state index contributed by atoms with van der Waals surface area (Å²) in [6, 6.07) is 14.7. The van der Waals surface area contributed by atoms with Crippen molar-refractivity contribution in [3.8, 4) is 0 Å². The maximum absolute atomic E-state index is 13.4. The monoisotopic (exact) mass is 300 g/mol. The summed E-state index contributed by atoms with van der Waals surface area (Å²) in [6.45, 7) is 0. The first-order chi connectivity index (χ1) is 10.2. The first-order valence-electron chi connectivity index (χ1n) is 6.66. The van der Waals surface area contributed by atoms with Crippen LogP contribution in [0.5, 0.6) is 0 Å². The summed E-state index contributed by atoms with van der Waals surface area (Å²) in [4.78, 5) is 4.47. The van der Waals surface area contributed by atoms with Crippen molar-refractivity contribution in [1.29, 1.82) is 0 Å². The van der Waals surface area contributed by atoms with Gasteiger partial charge in [0.05, 0.1) is 16.6 Å². The van der Waals surface area contributed by atoms with Crippen LogP contribution < -0.4 is 5.32 Å². The van der Waals surface area contributed by atoms with E-state index < -0.39 is 5.82 Å². The fraction of sp³-hybridized carbons (Fsp3) is 0.118. The lowest BCUT2D eigenvalue weighted by atomic mass is 9.96. The van der Waals surface area contributed by atoms with E-state index in [1.165, 1.54) is 6.07 Å². The molecule has 4 heteroatoms. The second kappa shape index (κ2) is 5.80. The Labute approximate surface area is 127 Å². The number of rotatable bonds is 3. The fourth-order valence-corrected chi connectivity index (χ4v) is 2.74. The molecule has 1 aromatic heterocycles. The summed E-state index contributed by atoms with van der Waals surface area (Å²) in [5.74, 6) is -0.411. The standard InChI is InChI=1S/C17H14ClFN2/c1-20-16(12-7-8-15(19)14(18)10-12)13-6-2-4-11-5-3-9-21-17(11)13/h2-10,16,20H,1H3. The van der Waals surface area contributed by atoms with Crippen LogP contribution in [0.25, 0.3) is 10.9 Å². The van der Waals surface area contributed by atoms with Crippen molar-refractivity contribution in [2.24, 2.45) is 0 Å². The van der Waals surface area contributed by atoms with Gasteiger partial charge in [0.1, 0.15) is 5.82 Å². The Morgan fingerprint density at radius 1 is 1.14 bits per heavy atom. The number of aromatic nitrogens is 1. The number of fused-ring (bicyclic) bond motifs is 1. The van der Waals surface area contributed by atoms with Crippen LogP contribution in [0.4, 0.5) is 4.39 Å². The van der Waals surface area contributed by atoms with Crippen LogP contribution in [-0.4, -0.2) is 12.0 Å². The van der Waals surface area contributed by atoms with Gasteiger partial charge in [-0.3, -0.25) is 4.98 Å². The molecule has 1 heterocycles. The highest BCUT2D eigenvalue weighted by Crippen LogP contribution is 2.29. The van der Waals surface area contributed by atoms with Crippen molar-refractivity contribution in [3.05, 3.63) is 76.7 Å². The van der Waals surface area contributed by atoms with Gasteiger partial charge in [0.15, 0.2) is 0 Å². The lowest BCUT2D eigenvalue weighted by Crippen LogP contribution is -2.18. The maximum atomic E-state index is 13.4. The molecule has 3 rings (SSSR count). The largest absolute Gasteiger partial charge is 0.309 e. The van der Waals surface area contributed by atoms with Gasteiger partial charge < -0.3 is 5.32 Å². The zero-order valence-corrected chi connectivity index (χ0v) is 12.2. The molecular formula is C17H14ClFN2. The van der Waals surface area contributed by atoms with Crippen molar-refractivity contribution in [2.45, 2.75) is 6.04 Å². The van der Waals surface area contributed by atoms with Gasteiger partial charge in [0.25, 0.3) is 0 Å². The molecule has 0 fully saturated rings. The minimum Gasteiger partial charge on any atom is -0.309 e. The number of hydrogen-bond acceptors (Lipinski definition) is 2. The highest BCUT2D eigenvalue weighted by atomic mass is 35.5. The van der Waals surface area contributed by atoms with Crippen LogP contribution in [0.1, 0.15) is 17.2 Å². The molecule has 106 valence electrons. The minimum absolute atomic E-state index is 0.0956. The molecule has 0 bridgehead atoms. The number of nitrogens with zero attached hydrogens (tertiary/aromatic N) is 1. The highest BCUT2D eigenvalue weighted by molar-refractivity contribution is 6.30. The quantitative estimate of drug-likeness (QED) is 0.778. The van der Waals surface area contributed by atoms with Gasteiger partial charge in [-0.25, -0.2) is 4.39 Å². The zero-order valence-electron chi connectivity index (χ0n) is 11.5. The van der Waals surface area contributed by atoms with Crippen LogP contribution in [0.15, 0.2) is 54.7 Å². The third-order valence-corrected chi connectivity index (χ3v) is 3.83. The number of nitrogens with one attached hydrogen (secondary N) is 1. The normalized spacial score (nSPS) is 12.5. The molecule has 1 N–H and O–H groups in total. The van der Waals surface area contributed by atoms with E-state index in [9.17, 15) is 4.39 Å². The van der Waals surface area contributed by atoms with Crippen LogP contribution in [-0.2, 0) is 0 Å². The van der Waals surface area contributed by atoms with Crippen LogP contribution >= 0.6 is 11.6 Å². The van der Waals surface area contributed by atoms with Crippen LogP contribution in [0.2, 0.25) is 5.02 Å². The van der Waals surface area contributed by atoms with E-state index in [-0.39, 0.29) is 11.1 Å². The Balaban J connectivity index is 2.16. The highest BCUT2D eigenvalue weighted by Gasteiger charge is 2.16. The third kappa shape index (κ3) is 2.62. The second-order valence-electron chi connectivity index (χ2n) is 4.82. The number of benzene rings is 2. The minimum atomic E-state index is -0.411. The average molecular weight is 301 g/mol. The molecular weight excluding hydrogens is 287 g/mol. The summed E-state index contributed by atoms with van der Waals surface area (Å²) >= 11 is 5.90. The lowest BCUT2D eigenvalue weighted by Gasteiger charge is -2.19. The number of para-hydroxylation sites is 1. The Hall–Kier alpha value is -1.97. The van der Waals surface area contributed by atoms with E-state index >= 15 is 0 Å². The predicted octanol–water partition coefficient (Wildman–Crippen LogP) is 4.34. The molecule has 0 amide bonds. The molecule has 0 saturated carbocycles. The van der Waals surface area contributed by atoms with Gasteiger partial charge in [-0.15, -0.1) is 0 Å². The molecule has 2 aromatic carbocycles. The van der Waals surface area contributed by atoms with E-state index in [1.807, 2.05) is 37.4 Å². The van der Waals surface area contributed by atoms with Crippen molar-refractivity contribution in [3.63, 3.8) is 0 Å². The molecule has 1 unspecified atom stereocenters. The van der Waals surface area contributed by atoms with Gasteiger partial charge in [0, 0.05) is 11.6 Å². The number of hydrogen-bond donors (Lipinski definition) is 1. The van der Waals surface area contributed by atoms with Gasteiger partial charge >= 0.3 is 0 Å². The third-order valence-electron chi connectivity index (χ3n) is 3.54. The number of pyridine rings is 1. The fourth-order valence-electron chi connectivity index (χ4n) is 2.55. The Bertz CT molecular complexity index is 783. The van der Waals surface area contributed by atoms with Crippen molar-refractivity contribution >= 4 is 22.5 Å². The van der Waals surface area contributed by atoms with E-state index in [4.69, 9.17) is 11.6 Å². The average Bonchev–Trinajstić information content (AvgIpc) is 2.52. The van der Waals surface area contributed by atoms with Crippen LogP contribution in [0, 0.1) is 5.82 Å². The maximum Gasteiger partial charge on any atom is 0.141 e. The molecule has 0 saturated heterocycles. The summed E-state index contributed by atoms with van der Waals surface area (Å²) in [7, 11) is 1.86. The Kier molecular flexibility index (Phi) is 3.86. The first-order valence-corrected chi connectivity index (χ1v) is 7.04. The van der Waals surface area contributed by atoms with Crippen molar-refractivity contribution in [2.75, 3.05) is 7.05 Å². The van der Waals surface area contributed by atoms with E-state index in [1.54, 1.807) is 18.3 Å². The molecule has 0 radical (unpaired) electrons. The predicted molar refractivity (Wildman–Crippen MR) is 84.1 cm³/mol. The topological polar surface area (TPSA) is 24.9 Å². The molecule has 0 aliphatic rings. The SMILES string of the molecule is CNC(c1ccc(F)c(Cl)c1)c1cccc2cccnc12. The molecule has 3 aromatic rings. The molecule has 21 heavy (non-hydrogen) atoms. The van der Waals surface area contributed by atoms with E-state index in [0.717, 1.165) is 22.0 Å². The number of halogens is 2. The molecule has 0 aliphatic carbocycles. The van der Waals surface area contributed by atoms with E-state index in [0.29, 0.717) is 0 Å². The van der Waals surface area contributed by atoms with E-state index in [2.05, 4.69) is 10.3 Å². The van der Waals surface area contributed by atoms with Gasteiger partial charge in [-0.2, -0.15) is 0 Å². The molecule has 1 atom stereocenters. The smallest absolute Gasteiger partial charge is 0.141 e. The second-order valence-corrected chi connectivity index (χ2v) is 5.22. The van der Waals surface area contributed by atoms with Crippen molar-refractivity contribution < 1.29 is 4.39 Å². The summed E-state index contributed by atoms with van der Waals surface area (Å²) in [5, 5.41) is 4.45. The molecule has 0 aliphatic heterocycles. The lowest BCUT2D eigenvalue weighted by molar-refractivity contribution is 0.624. The van der Waals surface area contributed by atoms with Crippen LogP contribution in [0.3, 0.4) is 0 Å². The summed E-state index contributed by atoms with van der Waals surface area (Å²) in [5.41, 5.74) is 2.88. The molecule has 2 nitrogen and oxygen atoms in total. The zero-order chi connectivity index (χ0) is 14.8. The summed E-state index contributed by atoms with van der Waals surface area (Å²) < 4.78 is 13.4. The Morgan fingerprint density at radius 3 is 2.71 bits per heavy atom.